The molecule has 118 valence electrons. The summed E-state index contributed by atoms with van der Waals surface area (Å²) in [4.78, 5) is 29.7. The van der Waals surface area contributed by atoms with Gasteiger partial charge in [0.05, 0.1) is 27.2 Å². The number of quaternary nitrogens is 1. The van der Waals surface area contributed by atoms with Crippen molar-refractivity contribution < 1.29 is 17.3 Å². The molecule has 0 aliphatic heterocycles. The third-order valence-electron chi connectivity index (χ3n) is 3.38. The molecular formula is C12H21ClN6O2. The number of aryl methyl sites for hydroxylation is 2. The van der Waals surface area contributed by atoms with Gasteiger partial charge in [-0.2, -0.15) is 4.98 Å². The van der Waals surface area contributed by atoms with E-state index in [4.69, 9.17) is 0 Å². The van der Waals surface area contributed by atoms with Crippen LogP contribution in [0.2, 0.25) is 0 Å². The number of anilines is 1. The summed E-state index contributed by atoms with van der Waals surface area (Å²) in [6.45, 7) is 1.67. The molecular weight excluding hydrogens is 296 g/mol. The van der Waals surface area contributed by atoms with Gasteiger partial charge in [0, 0.05) is 21.1 Å². The zero-order chi connectivity index (χ0) is 15.0. The molecule has 0 amide bonds. The van der Waals surface area contributed by atoms with Crippen LogP contribution in [-0.2, 0) is 21.1 Å². The van der Waals surface area contributed by atoms with Gasteiger partial charge in [0.25, 0.3) is 5.56 Å². The Kier molecular flexibility index (Phi) is 5.19. The SMILES string of the molecule is Cn1c(=O)c2c(nc(NCC[NH+](C)C)n2C)n(C)c1=O.[Cl-]. The first-order valence-corrected chi connectivity index (χ1v) is 6.50. The second-order valence-corrected chi connectivity index (χ2v) is 5.26. The predicted octanol–water partition coefficient (Wildman–Crippen LogP) is -5.47. The molecule has 2 aromatic rings. The maximum absolute atomic E-state index is 12.2. The van der Waals surface area contributed by atoms with E-state index < -0.39 is 0 Å². The first-order chi connectivity index (χ1) is 9.34. The minimum Gasteiger partial charge on any atom is -1.00 e. The lowest BCUT2D eigenvalue weighted by molar-refractivity contribution is -0.856. The Bertz CT molecular complexity index is 758. The quantitative estimate of drug-likeness (QED) is 0.590. The lowest BCUT2D eigenvalue weighted by atomic mass is 10.5. The number of hydrogen-bond acceptors (Lipinski definition) is 4. The minimum absolute atomic E-state index is 0. The number of nitrogens with zero attached hydrogens (tertiary/aromatic N) is 4. The molecule has 8 nitrogen and oxygen atoms in total. The topological polar surface area (TPSA) is 78.3 Å². The Labute approximate surface area is 128 Å². The fourth-order valence-corrected chi connectivity index (χ4v) is 2.10. The van der Waals surface area contributed by atoms with Crippen molar-refractivity contribution >= 4 is 17.1 Å². The maximum atomic E-state index is 12.2. The zero-order valence-electron chi connectivity index (χ0n) is 12.9. The molecule has 2 rings (SSSR count). The second-order valence-electron chi connectivity index (χ2n) is 5.26. The number of hydrogen-bond donors (Lipinski definition) is 2. The summed E-state index contributed by atoms with van der Waals surface area (Å²) in [6.07, 6.45) is 0. The van der Waals surface area contributed by atoms with E-state index in [9.17, 15) is 9.59 Å². The van der Waals surface area contributed by atoms with E-state index in [-0.39, 0.29) is 23.7 Å². The molecule has 0 aromatic carbocycles. The number of aromatic nitrogens is 4. The molecule has 2 heterocycles. The maximum Gasteiger partial charge on any atom is 0.332 e. The molecule has 0 aliphatic rings. The largest absolute Gasteiger partial charge is 1.00 e. The molecule has 0 saturated carbocycles. The lowest BCUT2D eigenvalue weighted by Crippen LogP contribution is -3.06. The summed E-state index contributed by atoms with van der Waals surface area (Å²) in [5.74, 6) is 0.597. The highest BCUT2D eigenvalue weighted by Gasteiger charge is 2.16. The molecule has 0 spiro atoms. The van der Waals surface area contributed by atoms with Gasteiger partial charge in [0.1, 0.15) is 0 Å². The molecule has 0 fully saturated rings. The number of fused-ring (bicyclic) bond motifs is 1. The van der Waals surface area contributed by atoms with Gasteiger partial charge in [0.2, 0.25) is 5.95 Å². The van der Waals surface area contributed by atoms with E-state index in [2.05, 4.69) is 24.4 Å². The van der Waals surface area contributed by atoms with Crippen LogP contribution < -0.4 is 33.9 Å². The van der Waals surface area contributed by atoms with E-state index in [0.717, 1.165) is 17.7 Å². The Morgan fingerprint density at radius 2 is 1.71 bits per heavy atom. The van der Waals surface area contributed by atoms with Gasteiger partial charge in [-0.05, 0) is 0 Å². The fraction of sp³-hybridized carbons (Fsp3) is 0.583. The molecule has 0 unspecified atom stereocenters. The van der Waals surface area contributed by atoms with Crippen LogP contribution >= 0.6 is 0 Å². The highest BCUT2D eigenvalue weighted by molar-refractivity contribution is 5.74. The Hall–Kier alpha value is -1.80. The highest BCUT2D eigenvalue weighted by atomic mass is 35.5. The monoisotopic (exact) mass is 316 g/mol. The van der Waals surface area contributed by atoms with Crippen LogP contribution in [-0.4, -0.2) is 45.9 Å². The minimum atomic E-state index is -0.370. The van der Waals surface area contributed by atoms with Gasteiger partial charge in [-0.15, -0.1) is 0 Å². The first kappa shape index (κ1) is 17.3. The lowest BCUT2D eigenvalue weighted by Gasteiger charge is -2.08. The van der Waals surface area contributed by atoms with Gasteiger partial charge in [-0.25, -0.2) is 4.79 Å². The Morgan fingerprint density at radius 3 is 2.29 bits per heavy atom. The predicted molar refractivity (Wildman–Crippen MR) is 77.4 cm³/mol. The number of likely N-dealkylation sites (N-methyl/N-ethyl adjacent to an activating group) is 1. The molecule has 2 aromatic heterocycles. The van der Waals surface area contributed by atoms with Crippen molar-refractivity contribution in [3.05, 3.63) is 20.8 Å². The van der Waals surface area contributed by atoms with E-state index in [1.165, 1.54) is 16.5 Å². The molecule has 9 heteroatoms. The van der Waals surface area contributed by atoms with E-state index in [1.807, 2.05) is 0 Å². The van der Waals surface area contributed by atoms with Gasteiger partial charge in [0.15, 0.2) is 11.2 Å². The van der Waals surface area contributed by atoms with Crippen LogP contribution in [0.4, 0.5) is 5.95 Å². The molecule has 0 atom stereocenters. The average Bonchev–Trinajstić information content (AvgIpc) is 2.71. The average molecular weight is 317 g/mol. The van der Waals surface area contributed by atoms with Crippen molar-refractivity contribution in [2.75, 3.05) is 32.5 Å². The van der Waals surface area contributed by atoms with Gasteiger partial charge >= 0.3 is 5.69 Å². The van der Waals surface area contributed by atoms with Crippen LogP contribution in [0.5, 0.6) is 0 Å². The Morgan fingerprint density at radius 1 is 1.10 bits per heavy atom. The highest BCUT2D eigenvalue weighted by Crippen LogP contribution is 2.12. The van der Waals surface area contributed by atoms with Crippen LogP contribution in [0.25, 0.3) is 11.2 Å². The number of imidazole rings is 1. The summed E-state index contributed by atoms with van der Waals surface area (Å²) in [5.41, 5.74) is 0.129. The smallest absolute Gasteiger partial charge is 0.332 e. The standard InChI is InChI=1S/C12H20N6O2.ClH/c1-15(2)7-6-13-11-14-9-8(16(11)3)10(19)18(5)12(20)17(9)4;/h6-7H2,1-5H3,(H,13,14);1H. The fourth-order valence-electron chi connectivity index (χ4n) is 2.10. The van der Waals surface area contributed by atoms with Crippen LogP contribution in [0, 0.1) is 0 Å². The first-order valence-electron chi connectivity index (χ1n) is 6.50. The summed E-state index contributed by atoms with van der Waals surface area (Å²) < 4.78 is 4.18. The van der Waals surface area contributed by atoms with Gasteiger partial charge in [-0.3, -0.25) is 13.9 Å². The summed E-state index contributed by atoms with van der Waals surface area (Å²) in [7, 11) is 8.99. The van der Waals surface area contributed by atoms with Crippen molar-refractivity contribution in [3.63, 3.8) is 0 Å². The molecule has 21 heavy (non-hydrogen) atoms. The number of halogens is 1. The van der Waals surface area contributed by atoms with Crippen molar-refractivity contribution in [2.45, 2.75) is 0 Å². The number of rotatable bonds is 4. The zero-order valence-corrected chi connectivity index (χ0v) is 13.7. The summed E-state index contributed by atoms with van der Waals surface area (Å²) in [6, 6.07) is 0. The van der Waals surface area contributed by atoms with Crippen LogP contribution in [0.15, 0.2) is 9.59 Å². The van der Waals surface area contributed by atoms with Gasteiger partial charge in [-0.1, -0.05) is 0 Å². The van der Waals surface area contributed by atoms with Crippen molar-refractivity contribution in [3.8, 4) is 0 Å². The third-order valence-corrected chi connectivity index (χ3v) is 3.38. The van der Waals surface area contributed by atoms with E-state index in [1.54, 1.807) is 18.7 Å². The normalized spacial score (nSPS) is 11.0. The molecule has 2 N–H and O–H groups in total. The van der Waals surface area contributed by atoms with E-state index in [0.29, 0.717) is 17.1 Å². The van der Waals surface area contributed by atoms with Crippen LogP contribution in [0.1, 0.15) is 0 Å². The van der Waals surface area contributed by atoms with Crippen LogP contribution in [0.3, 0.4) is 0 Å². The second kappa shape index (κ2) is 6.31. The molecule has 0 aliphatic carbocycles. The molecule has 0 saturated heterocycles. The molecule has 0 bridgehead atoms. The van der Waals surface area contributed by atoms with E-state index >= 15 is 0 Å². The van der Waals surface area contributed by atoms with Gasteiger partial charge < -0.3 is 27.2 Å². The van der Waals surface area contributed by atoms with Crippen molar-refractivity contribution in [1.29, 1.82) is 0 Å². The van der Waals surface area contributed by atoms with Crippen molar-refractivity contribution in [1.82, 2.24) is 18.7 Å². The third kappa shape index (κ3) is 2.96. The number of nitrogens with one attached hydrogen (secondary N) is 2. The summed E-state index contributed by atoms with van der Waals surface area (Å²) in [5, 5.41) is 3.19. The van der Waals surface area contributed by atoms with Crippen molar-refractivity contribution in [2.24, 2.45) is 21.1 Å². The summed E-state index contributed by atoms with van der Waals surface area (Å²) >= 11 is 0. The molecule has 0 radical (unpaired) electrons. The Balaban J connectivity index is 0.00000220.